The molecule has 1 unspecified atom stereocenters. The first-order valence-electron chi connectivity index (χ1n) is 6.65. The Hall–Kier alpha value is -1.99. The first kappa shape index (κ1) is 14.9. The minimum absolute atomic E-state index is 0.0550. The number of aliphatic hydroxyl groups is 1. The lowest BCUT2D eigenvalue weighted by Crippen LogP contribution is -2.36. The number of halogens is 2. The van der Waals surface area contributed by atoms with Crippen LogP contribution < -0.4 is 4.31 Å². The fourth-order valence-electron chi connectivity index (χ4n) is 2.52. The number of nitrogens with zero attached hydrogens (tertiary/aromatic N) is 1. The Balaban J connectivity index is 2.09. The molecule has 0 saturated heterocycles. The van der Waals surface area contributed by atoms with Crippen LogP contribution in [0.3, 0.4) is 0 Å². The fraction of sp³-hybridized carbons (Fsp3) is 0.200. The molecule has 1 aliphatic rings. The molecule has 1 N–H and O–H groups in total. The van der Waals surface area contributed by atoms with Crippen LogP contribution in [-0.4, -0.2) is 20.1 Å². The number of benzene rings is 2. The molecule has 22 heavy (non-hydrogen) atoms. The highest BCUT2D eigenvalue weighted by atomic mass is 32.2. The van der Waals surface area contributed by atoms with E-state index >= 15 is 0 Å². The van der Waals surface area contributed by atoms with Crippen LogP contribution in [0.2, 0.25) is 0 Å². The van der Waals surface area contributed by atoms with Gasteiger partial charge in [-0.1, -0.05) is 0 Å². The lowest BCUT2D eigenvalue weighted by Gasteiger charge is -2.33. The lowest BCUT2D eigenvalue weighted by atomic mass is 10.0. The molecule has 3 rings (SSSR count). The van der Waals surface area contributed by atoms with Gasteiger partial charge in [0.2, 0.25) is 0 Å². The van der Waals surface area contributed by atoms with Crippen LogP contribution in [0.4, 0.5) is 14.5 Å². The summed E-state index contributed by atoms with van der Waals surface area (Å²) in [5.74, 6) is -1.07. The fourth-order valence-corrected chi connectivity index (χ4v) is 4.02. The minimum atomic E-state index is -3.90. The first-order valence-corrected chi connectivity index (χ1v) is 8.09. The third-order valence-electron chi connectivity index (χ3n) is 3.62. The van der Waals surface area contributed by atoms with E-state index in [1.165, 1.54) is 18.2 Å². The van der Waals surface area contributed by atoms with Crippen molar-refractivity contribution in [3.8, 4) is 0 Å². The molecule has 0 bridgehead atoms. The standard InChI is InChI=1S/C15H13F2NO3S/c16-10-1-4-12(5-2-10)22(20,21)18-8-7-15(19)13-9-11(17)3-6-14(13)18/h1-6,9,15,19H,7-8H2. The summed E-state index contributed by atoms with van der Waals surface area (Å²) in [6.45, 7) is 0.0690. The molecule has 0 fully saturated rings. The van der Waals surface area contributed by atoms with Crippen LogP contribution in [0.5, 0.6) is 0 Å². The van der Waals surface area contributed by atoms with Gasteiger partial charge >= 0.3 is 0 Å². The second-order valence-electron chi connectivity index (χ2n) is 5.04. The van der Waals surface area contributed by atoms with Crippen LogP contribution in [0.1, 0.15) is 18.1 Å². The van der Waals surface area contributed by atoms with E-state index in [9.17, 15) is 22.3 Å². The van der Waals surface area contributed by atoms with Crippen molar-refractivity contribution in [1.82, 2.24) is 0 Å². The summed E-state index contributed by atoms with van der Waals surface area (Å²) < 4.78 is 52.8. The van der Waals surface area contributed by atoms with Crippen molar-refractivity contribution in [2.45, 2.75) is 17.4 Å². The predicted octanol–water partition coefficient (Wildman–Crippen LogP) is 2.60. The molecular weight excluding hydrogens is 312 g/mol. The van der Waals surface area contributed by atoms with E-state index in [-0.39, 0.29) is 29.1 Å². The van der Waals surface area contributed by atoms with Gasteiger partial charge < -0.3 is 5.11 Å². The molecule has 0 aliphatic carbocycles. The lowest BCUT2D eigenvalue weighted by molar-refractivity contribution is 0.166. The van der Waals surface area contributed by atoms with Crippen molar-refractivity contribution in [3.05, 3.63) is 59.7 Å². The summed E-state index contributed by atoms with van der Waals surface area (Å²) in [6, 6.07) is 8.09. The average molecular weight is 325 g/mol. The largest absolute Gasteiger partial charge is 0.388 e. The highest BCUT2D eigenvalue weighted by molar-refractivity contribution is 7.92. The number of hydrogen-bond donors (Lipinski definition) is 1. The Kier molecular flexibility index (Phi) is 3.62. The second-order valence-corrected chi connectivity index (χ2v) is 6.90. The Labute approximate surface area is 126 Å². The summed E-state index contributed by atoms with van der Waals surface area (Å²) in [5, 5.41) is 9.94. The number of rotatable bonds is 2. The molecule has 7 heteroatoms. The highest BCUT2D eigenvalue weighted by Crippen LogP contribution is 2.37. The zero-order valence-electron chi connectivity index (χ0n) is 11.4. The van der Waals surface area contributed by atoms with Gasteiger partial charge in [-0.25, -0.2) is 17.2 Å². The van der Waals surface area contributed by atoms with Crippen LogP contribution in [-0.2, 0) is 10.0 Å². The van der Waals surface area contributed by atoms with Gasteiger partial charge in [-0.05, 0) is 48.9 Å². The molecule has 1 heterocycles. The maximum Gasteiger partial charge on any atom is 0.264 e. The highest BCUT2D eigenvalue weighted by Gasteiger charge is 2.32. The van der Waals surface area contributed by atoms with E-state index in [2.05, 4.69) is 0 Å². The van der Waals surface area contributed by atoms with Gasteiger partial charge in [-0.3, -0.25) is 4.31 Å². The van der Waals surface area contributed by atoms with E-state index in [0.29, 0.717) is 0 Å². The maximum absolute atomic E-state index is 13.3. The smallest absolute Gasteiger partial charge is 0.264 e. The quantitative estimate of drug-likeness (QED) is 0.923. The molecule has 2 aromatic rings. The summed E-state index contributed by atoms with van der Waals surface area (Å²) in [7, 11) is -3.90. The predicted molar refractivity (Wildman–Crippen MR) is 76.9 cm³/mol. The molecule has 4 nitrogen and oxygen atoms in total. The van der Waals surface area contributed by atoms with Gasteiger partial charge in [0.1, 0.15) is 11.6 Å². The number of sulfonamides is 1. The second kappa shape index (κ2) is 5.33. The van der Waals surface area contributed by atoms with Crippen LogP contribution in [0.15, 0.2) is 47.4 Å². The maximum atomic E-state index is 13.3. The normalized spacial score (nSPS) is 18.1. The molecular formula is C15H13F2NO3S. The summed E-state index contributed by atoms with van der Waals surface area (Å²) in [6.07, 6.45) is -0.748. The van der Waals surface area contributed by atoms with Gasteiger partial charge in [-0.2, -0.15) is 0 Å². The monoisotopic (exact) mass is 325 g/mol. The summed E-state index contributed by atoms with van der Waals surface area (Å²) in [4.78, 5) is -0.0550. The zero-order chi connectivity index (χ0) is 15.9. The molecule has 0 saturated carbocycles. The minimum Gasteiger partial charge on any atom is -0.388 e. The van der Waals surface area contributed by atoms with Crippen molar-refractivity contribution in [2.24, 2.45) is 0 Å². The van der Waals surface area contributed by atoms with E-state index in [1.807, 2.05) is 0 Å². The van der Waals surface area contributed by atoms with Gasteiger partial charge in [0.25, 0.3) is 10.0 Å². The first-order chi connectivity index (χ1) is 10.4. The van der Waals surface area contributed by atoms with Gasteiger partial charge in [-0.15, -0.1) is 0 Å². The Morgan fingerprint density at radius 2 is 1.68 bits per heavy atom. The number of anilines is 1. The van der Waals surface area contributed by atoms with E-state index in [1.54, 1.807) is 0 Å². The van der Waals surface area contributed by atoms with Gasteiger partial charge in [0.05, 0.1) is 16.7 Å². The molecule has 0 amide bonds. The average Bonchev–Trinajstić information content (AvgIpc) is 2.48. The number of hydrogen-bond acceptors (Lipinski definition) is 3. The topological polar surface area (TPSA) is 57.6 Å². The van der Waals surface area contributed by atoms with Gasteiger partial charge in [0, 0.05) is 12.1 Å². The zero-order valence-corrected chi connectivity index (χ0v) is 12.2. The van der Waals surface area contributed by atoms with E-state index < -0.39 is 27.8 Å². The molecule has 1 atom stereocenters. The van der Waals surface area contributed by atoms with Crippen LogP contribution >= 0.6 is 0 Å². The van der Waals surface area contributed by atoms with E-state index in [4.69, 9.17) is 0 Å². The third kappa shape index (κ3) is 2.46. The molecule has 2 aromatic carbocycles. The van der Waals surface area contributed by atoms with Crippen molar-refractivity contribution < 1.29 is 22.3 Å². The van der Waals surface area contributed by atoms with Crippen molar-refractivity contribution in [3.63, 3.8) is 0 Å². The molecule has 1 aliphatic heterocycles. The van der Waals surface area contributed by atoms with Crippen molar-refractivity contribution in [1.29, 1.82) is 0 Å². The molecule has 0 radical (unpaired) electrons. The number of aliphatic hydroxyl groups excluding tert-OH is 1. The van der Waals surface area contributed by atoms with Crippen LogP contribution in [0, 0.1) is 11.6 Å². The molecule has 0 aromatic heterocycles. The Morgan fingerprint density at radius 3 is 2.36 bits per heavy atom. The summed E-state index contributed by atoms with van der Waals surface area (Å²) in [5.41, 5.74) is 0.474. The Morgan fingerprint density at radius 1 is 1.05 bits per heavy atom. The Bertz CT molecular complexity index is 806. The van der Waals surface area contributed by atoms with E-state index in [0.717, 1.165) is 28.6 Å². The van der Waals surface area contributed by atoms with Crippen molar-refractivity contribution >= 4 is 15.7 Å². The number of fused-ring (bicyclic) bond motifs is 1. The molecule has 0 spiro atoms. The molecule has 116 valence electrons. The van der Waals surface area contributed by atoms with Crippen LogP contribution in [0.25, 0.3) is 0 Å². The summed E-state index contributed by atoms with van der Waals surface area (Å²) >= 11 is 0. The SMILES string of the molecule is O=S(=O)(c1ccc(F)cc1)N1CCC(O)c2cc(F)ccc21. The van der Waals surface area contributed by atoms with Crippen molar-refractivity contribution in [2.75, 3.05) is 10.8 Å². The van der Waals surface area contributed by atoms with Gasteiger partial charge in [0.15, 0.2) is 0 Å². The third-order valence-corrected chi connectivity index (χ3v) is 5.45.